The van der Waals surface area contributed by atoms with Crippen LogP contribution in [0.4, 0.5) is 0 Å². The average Bonchev–Trinajstić information content (AvgIpc) is 2.82. The molecule has 0 aliphatic carbocycles. The molecular weight excluding hydrogens is 476 g/mol. The first-order valence-electron chi connectivity index (χ1n) is 11.1. The quantitative estimate of drug-likeness (QED) is 0.111. The van der Waals surface area contributed by atoms with Gasteiger partial charge in [-0.15, -0.1) is 0 Å². The highest BCUT2D eigenvalue weighted by atomic mass is 16.4. The zero-order valence-corrected chi connectivity index (χ0v) is 19.5. The molecule has 14 heteroatoms. The van der Waals surface area contributed by atoms with Crippen molar-refractivity contribution in [2.24, 2.45) is 17.2 Å². The van der Waals surface area contributed by atoms with Crippen LogP contribution >= 0.6 is 0 Å². The van der Waals surface area contributed by atoms with Crippen molar-refractivity contribution >= 4 is 35.5 Å². The van der Waals surface area contributed by atoms with E-state index < -0.39 is 66.3 Å². The van der Waals surface area contributed by atoms with E-state index in [1.165, 1.54) is 0 Å². The fraction of sp³-hybridized carbons (Fsp3) is 0.455. The Bertz CT molecular complexity index is 942. The number of carbonyl (C=O) groups is 6. The molecule has 0 radical (unpaired) electrons. The highest BCUT2D eigenvalue weighted by Gasteiger charge is 2.30. The average molecular weight is 509 g/mol. The number of nitrogens with two attached hydrogens (primary N) is 3. The Morgan fingerprint density at radius 2 is 1.25 bits per heavy atom. The Labute approximate surface area is 206 Å². The molecule has 0 spiro atoms. The van der Waals surface area contributed by atoms with Crippen LogP contribution < -0.4 is 33.2 Å². The van der Waals surface area contributed by atoms with Crippen molar-refractivity contribution in [3.8, 4) is 0 Å². The summed E-state index contributed by atoms with van der Waals surface area (Å²) in [5, 5.41) is 25.2. The predicted molar refractivity (Wildman–Crippen MR) is 125 cm³/mol. The molecule has 0 aliphatic rings. The topological polar surface area (TPSA) is 257 Å². The Morgan fingerprint density at radius 3 is 1.78 bits per heavy atom. The molecule has 0 fully saturated rings. The fourth-order valence-corrected chi connectivity index (χ4v) is 3.05. The van der Waals surface area contributed by atoms with Crippen molar-refractivity contribution in [2.75, 3.05) is 6.61 Å². The minimum absolute atomic E-state index is 0.000494. The molecule has 11 N–H and O–H groups in total. The maximum atomic E-state index is 13.1. The molecule has 1 aromatic rings. The van der Waals surface area contributed by atoms with Crippen LogP contribution in [0.25, 0.3) is 0 Å². The first-order valence-corrected chi connectivity index (χ1v) is 11.1. The Morgan fingerprint density at radius 1 is 0.750 bits per heavy atom. The van der Waals surface area contributed by atoms with E-state index in [4.69, 9.17) is 27.4 Å². The summed E-state index contributed by atoms with van der Waals surface area (Å²) in [4.78, 5) is 71.7. The molecule has 5 amide bonds. The number of carbonyl (C=O) groups excluding carboxylic acids is 5. The van der Waals surface area contributed by atoms with Crippen molar-refractivity contribution in [3.63, 3.8) is 0 Å². The molecule has 0 aromatic heterocycles. The number of nitrogens with one attached hydrogen (secondary N) is 3. The lowest BCUT2D eigenvalue weighted by molar-refractivity contribution is -0.143. The third-order valence-electron chi connectivity index (χ3n) is 5.06. The van der Waals surface area contributed by atoms with Gasteiger partial charge in [0.1, 0.15) is 18.1 Å². The third kappa shape index (κ3) is 10.9. The van der Waals surface area contributed by atoms with Gasteiger partial charge in [0.15, 0.2) is 0 Å². The molecule has 0 aliphatic heterocycles. The molecule has 0 heterocycles. The van der Waals surface area contributed by atoms with Gasteiger partial charge in [-0.1, -0.05) is 30.3 Å². The van der Waals surface area contributed by atoms with Crippen molar-refractivity contribution in [1.82, 2.24) is 16.0 Å². The van der Waals surface area contributed by atoms with Crippen molar-refractivity contribution in [3.05, 3.63) is 35.9 Å². The SMILES string of the molecule is NC(=O)CCC(N)C(=O)NC(Cc1ccccc1)C(=O)NC(CCC(N)=O)C(=O)NC(CO)C(=O)O. The van der Waals surface area contributed by atoms with Crippen LogP contribution in [-0.2, 0) is 35.2 Å². The standard InChI is InChI=1S/C22H32N6O8/c23-13(6-8-17(24)30)19(32)27-15(10-12-4-2-1-3-5-12)21(34)26-14(7-9-18(25)31)20(33)28-16(11-29)22(35)36/h1-5,13-16,29H,6-11,23H2,(H2,24,30)(H2,25,31)(H,26,34)(H,27,32)(H,28,33)(H,35,36). The van der Waals surface area contributed by atoms with Crippen LogP contribution in [0.5, 0.6) is 0 Å². The van der Waals surface area contributed by atoms with Gasteiger partial charge in [0.2, 0.25) is 29.5 Å². The second kappa shape index (κ2) is 15.1. The number of amides is 5. The first kappa shape index (κ1) is 30.0. The van der Waals surface area contributed by atoms with Gasteiger partial charge in [0, 0.05) is 19.3 Å². The lowest BCUT2D eigenvalue weighted by Gasteiger charge is -2.25. The van der Waals surface area contributed by atoms with Gasteiger partial charge in [0.25, 0.3) is 0 Å². The summed E-state index contributed by atoms with van der Waals surface area (Å²) in [7, 11) is 0. The number of primary amides is 2. The van der Waals surface area contributed by atoms with Crippen LogP contribution in [0.15, 0.2) is 30.3 Å². The summed E-state index contributed by atoms with van der Waals surface area (Å²) in [6, 6.07) is 3.18. The maximum Gasteiger partial charge on any atom is 0.328 e. The fourth-order valence-electron chi connectivity index (χ4n) is 3.05. The largest absolute Gasteiger partial charge is 0.480 e. The molecule has 1 rings (SSSR count). The molecule has 0 saturated heterocycles. The maximum absolute atomic E-state index is 13.1. The monoisotopic (exact) mass is 508 g/mol. The van der Waals surface area contributed by atoms with E-state index >= 15 is 0 Å². The smallest absolute Gasteiger partial charge is 0.328 e. The number of carboxylic acid groups (broad SMARTS) is 1. The van der Waals surface area contributed by atoms with E-state index in [1.807, 2.05) is 0 Å². The van der Waals surface area contributed by atoms with Gasteiger partial charge in [0.05, 0.1) is 12.6 Å². The molecule has 0 bridgehead atoms. The number of rotatable bonds is 16. The second-order valence-electron chi connectivity index (χ2n) is 8.01. The van der Waals surface area contributed by atoms with E-state index in [0.717, 1.165) is 0 Å². The van der Waals surface area contributed by atoms with Crippen molar-refractivity contribution in [1.29, 1.82) is 0 Å². The molecule has 198 valence electrons. The van der Waals surface area contributed by atoms with Gasteiger partial charge in [-0.05, 0) is 18.4 Å². The summed E-state index contributed by atoms with van der Waals surface area (Å²) in [6.45, 7) is -0.909. The molecule has 36 heavy (non-hydrogen) atoms. The van der Waals surface area contributed by atoms with E-state index in [9.17, 15) is 28.8 Å². The van der Waals surface area contributed by atoms with Crippen molar-refractivity contribution < 1.29 is 39.0 Å². The molecule has 1 aromatic carbocycles. The minimum Gasteiger partial charge on any atom is -0.480 e. The number of hydrogen-bond acceptors (Lipinski definition) is 8. The van der Waals surface area contributed by atoms with E-state index in [1.54, 1.807) is 30.3 Å². The Kier molecular flexibility index (Phi) is 12.5. The lowest BCUT2D eigenvalue weighted by atomic mass is 10.0. The number of aliphatic hydroxyl groups excluding tert-OH is 1. The number of aliphatic hydroxyl groups is 1. The normalized spacial score (nSPS) is 13.9. The Hall–Kier alpha value is -4.04. The lowest BCUT2D eigenvalue weighted by Crippen LogP contribution is -2.58. The Balaban J connectivity index is 3.08. The molecule has 4 unspecified atom stereocenters. The molecule has 4 atom stereocenters. The summed E-state index contributed by atoms with van der Waals surface area (Å²) >= 11 is 0. The highest BCUT2D eigenvalue weighted by Crippen LogP contribution is 2.07. The second-order valence-corrected chi connectivity index (χ2v) is 8.01. The van der Waals surface area contributed by atoms with E-state index in [-0.39, 0.29) is 32.1 Å². The van der Waals surface area contributed by atoms with Gasteiger partial charge in [-0.2, -0.15) is 0 Å². The number of hydrogen-bond donors (Lipinski definition) is 8. The van der Waals surface area contributed by atoms with Crippen LogP contribution in [0.3, 0.4) is 0 Å². The van der Waals surface area contributed by atoms with Gasteiger partial charge in [-0.3, -0.25) is 24.0 Å². The van der Waals surface area contributed by atoms with Crippen LogP contribution in [0.1, 0.15) is 31.2 Å². The van der Waals surface area contributed by atoms with Gasteiger partial charge < -0.3 is 43.4 Å². The zero-order chi connectivity index (χ0) is 27.3. The van der Waals surface area contributed by atoms with Crippen LogP contribution in [-0.4, -0.2) is 76.5 Å². The summed E-state index contributed by atoms with van der Waals surface area (Å²) in [5.74, 6) is -5.47. The summed E-state index contributed by atoms with van der Waals surface area (Å²) in [6.07, 6.45) is -0.783. The van der Waals surface area contributed by atoms with Crippen LogP contribution in [0, 0.1) is 0 Å². The molecule has 14 nitrogen and oxygen atoms in total. The number of benzene rings is 1. The highest BCUT2D eigenvalue weighted by molar-refractivity contribution is 5.94. The third-order valence-corrected chi connectivity index (χ3v) is 5.06. The predicted octanol–water partition coefficient (Wildman–Crippen LogP) is -3.38. The van der Waals surface area contributed by atoms with E-state index in [0.29, 0.717) is 5.56 Å². The summed E-state index contributed by atoms with van der Waals surface area (Å²) in [5.41, 5.74) is 16.7. The van der Waals surface area contributed by atoms with Gasteiger partial charge >= 0.3 is 5.97 Å². The van der Waals surface area contributed by atoms with E-state index in [2.05, 4.69) is 16.0 Å². The van der Waals surface area contributed by atoms with Crippen molar-refractivity contribution in [2.45, 2.75) is 56.3 Å². The number of carboxylic acids is 1. The van der Waals surface area contributed by atoms with Crippen LogP contribution in [0.2, 0.25) is 0 Å². The summed E-state index contributed by atoms with van der Waals surface area (Å²) < 4.78 is 0. The van der Waals surface area contributed by atoms with Gasteiger partial charge in [-0.25, -0.2) is 4.79 Å². The minimum atomic E-state index is -1.64. The first-order chi connectivity index (χ1) is 16.9. The molecule has 0 saturated carbocycles. The zero-order valence-electron chi connectivity index (χ0n) is 19.5. The number of aliphatic carboxylic acids is 1. The molecular formula is C22H32N6O8.